The lowest BCUT2D eigenvalue weighted by Gasteiger charge is -2.38. The molecule has 0 aromatic carbocycles. The van der Waals surface area contributed by atoms with E-state index >= 15 is 0 Å². The monoisotopic (exact) mass is 404 g/mol. The van der Waals surface area contributed by atoms with Crippen LogP contribution in [0.5, 0.6) is 0 Å². The highest BCUT2D eigenvalue weighted by Crippen LogP contribution is 2.28. The summed E-state index contributed by atoms with van der Waals surface area (Å²) in [6, 6.07) is 0.123. The van der Waals surface area contributed by atoms with Crippen LogP contribution in [-0.2, 0) is 6.18 Å². The summed E-state index contributed by atoms with van der Waals surface area (Å²) in [6.45, 7) is 10.6. The molecule has 0 radical (unpaired) electrons. The Bertz CT molecular complexity index is 859. The van der Waals surface area contributed by atoms with Gasteiger partial charge in [-0.15, -0.1) is 0 Å². The number of hydrogen-bond donors (Lipinski definition) is 0. The first kappa shape index (κ1) is 20.9. The van der Waals surface area contributed by atoms with E-state index in [1.54, 1.807) is 6.20 Å². The highest BCUT2D eigenvalue weighted by Gasteiger charge is 2.32. The highest BCUT2D eigenvalue weighted by atomic mass is 19.4. The summed E-state index contributed by atoms with van der Waals surface area (Å²) in [5, 5.41) is 0. The van der Waals surface area contributed by atoms with Gasteiger partial charge in [0.05, 0.1) is 17.0 Å². The Balaban J connectivity index is 1.63. The third-order valence-corrected chi connectivity index (χ3v) is 4.92. The number of nitrogens with zero attached hydrogens (tertiary/aromatic N) is 6. The van der Waals surface area contributed by atoms with Crippen LogP contribution in [0.25, 0.3) is 0 Å². The number of hydrogen-bond acceptors (Lipinski definition) is 6. The maximum Gasteiger partial charge on any atom is 0.419 e. The molecule has 0 aliphatic carbocycles. The molecule has 1 aromatic rings. The van der Waals surface area contributed by atoms with Gasteiger partial charge < -0.3 is 4.90 Å². The van der Waals surface area contributed by atoms with Crippen LogP contribution in [-0.4, -0.2) is 59.0 Å². The van der Waals surface area contributed by atoms with Gasteiger partial charge in [0.1, 0.15) is 0 Å². The number of anilines is 1. The van der Waals surface area contributed by atoms with Crippen molar-refractivity contribution in [2.45, 2.75) is 26.1 Å². The lowest BCUT2D eigenvalue weighted by atomic mass is 10.0. The van der Waals surface area contributed by atoms with E-state index in [-0.39, 0.29) is 6.04 Å². The second-order valence-electron chi connectivity index (χ2n) is 6.81. The van der Waals surface area contributed by atoms with Crippen molar-refractivity contribution in [1.82, 2.24) is 14.9 Å². The fourth-order valence-electron chi connectivity index (χ4n) is 3.14. The average molecular weight is 404 g/mol. The Morgan fingerprint density at radius 3 is 2.41 bits per heavy atom. The van der Waals surface area contributed by atoms with Gasteiger partial charge in [-0.2, -0.15) is 13.2 Å². The van der Waals surface area contributed by atoms with Crippen molar-refractivity contribution in [2.75, 3.05) is 31.1 Å². The first-order valence-corrected chi connectivity index (χ1v) is 9.31. The van der Waals surface area contributed by atoms with E-state index in [4.69, 9.17) is 0 Å². The average Bonchev–Trinajstić information content (AvgIpc) is 2.72. The van der Waals surface area contributed by atoms with Crippen LogP contribution in [0.15, 0.2) is 58.6 Å². The second-order valence-corrected chi connectivity index (χ2v) is 6.81. The summed E-state index contributed by atoms with van der Waals surface area (Å²) in [5.74, 6) is 0.320. The first-order chi connectivity index (χ1) is 13.8. The Morgan fingerprint density at radius 1 is 1.17 bits per heavy atom. The normalized spacial score (nSPS) is 21.1. The van der Waals surface area contributed by atoms with Gasteiger partial charge in [-0.25, -0.2) is 9.97 Å². The summed E-state index contributed by atoms with van der Waals surface area (Å²) in [5.41, 5.74) is 1.57. The quantitative estimate of drug-likeness (QED) is 0.771. The van der Waals surface area contributed by atoms with Crippen molar-refractivity contribution >= 4 is 17.9 Å². The molecule has 1 aromatic heterocycles. The van der Waals surface area contributed by atoms with Crippen molar-refractivity contribution in [3.8, 4) is 0 Å². The lowest BCUT2D eigenvalue weighted by molar-refractivity contribution is -0.138. The summed E-state index contributed by atoms with van der Waals surface area (Å²) in [6.07, 6.45) is 4.60. The number of rotatable bonds is 4. The molecule has 1 atom stereocenters. The lowest BCUT2D eigenvalue weighted by Crippen LogP contribution is -2.50. The molecule has 3 heterocycles. The second kappa shape index (κ2) is 8.69. The summed E-state index contributed by atoms with van der Waals surface area (Å²) in [7, 11) is 0. The van der Waals surface area contributed by atoms with E-state index < -0.39 is 11.7 Å². The predicted octanol–water partition coefficient (Wildman–Crippen LogP) is 3.51. The molecule has 1 fully saturated rings. The van der Waals surface area contributed by atoms with Gasteiger partial charge in [-0.05, 0) is 25.5 Å². The maximum absolute atomic E-state index is 12.7. The van der Waals surface area contributed by atoms with E-state index in [2.05, 4.69) is 38.4 Å². The maximum atomic E-state index is 12.7. The highest BCUT2D eigenvalue weighted by molar-refractivity contribution is 6.14. The SMILES string of the molecule is C=C1N=CC(C(C)N2CCN(c3ncc(C(F)(F)F)cn3)CC2)=C/C1=N/C=C\C. The van der Waals surface area contributed by atoms with Gasteiger partial charge in [0, 0.05) is 57.0 Å². The van der Waals surface area contributed by atoms with E-state index in [9.17, 15) is 13.2 Å². The zero-order chi connectivity index (χ0) is 21.0. The van der Waals surface area contributed by atoms with Crippen LogP contribution in [0.2, 0.25) is 0 Å². The van der Waals surface area contributed by atoms with Crippen molar-refractivity contribution in [3.05, 3.63) is 54.2 Å². The number of allylic oxidation sites excluding steroid dienone is 2. The zero-order valence-electron chi connectivity index (χ0n) is 16.4. The summed E-state index contributed by atoms with van der Waals surface area (Å²) < 4.78 is 38.0. The van der Waals surface area contributed by atoms with Crippen molar-refractivity contribution in [3.63, 3.8) is 0 Å². The minimum absolute atomic E-state index is 0.123. The third-order valence-electron chi connectivity index (χ3n) is 4.92. The number of piperazine rings is 1. The Kier molecular flexibility index (Phi) is 6.26. The zero-order valence-corrected chi connectivity index (χ0v) is 16.4. The number of aliphatic imine (C=N–C) groups is 2. The van der Waals surface area contributed by atoms with E-state index in [0.29, 0.717) is 24.7 Å². The van der Waals surface area contributed by atoms with Gasteiger partial charge in [0.15, 0.2) is 0 Å². The number of aromatic nitrogens is 2. The fourth-order valence-corrected chi connectivity index (χ4v) is 3.14. The molecule has 1 saturated heterocycles. The molecule has 9 heteroatoms. The molecule has 0 saturated carbocycles. The smallest absolute Gasteiger partial charge is 0.338 e. The van der Waals surface area contributed by atoms with Crippen LogP contribution >= 0.6 is 0 Å². The van der Waals surface area contributed by atoms with Gasteiger partial charge in [-0.1, -0.05) is 12.7 Å². The predicted molar refractivity (Wildman–Crippen MR) is 108 cm³/mol. The van der Waals surface area contributed by atoms with Gasteiger partial charge in [0.25, 0.3) is 0 Å². The minimum atomic E-state index is -4.43. The standard InChI is InChI=1S/C20H23F3N6/c1-4-5-24-18-10-16(11-25-14(18)2)15(3)28-6-8-29(9-7-28)19-26-12-17(13-27-19)20(21,22)23/h4-5,10-13,15H,2,6-9H2,1,3H3/b5-4-,24-18-. The van der Waals surface area contributed by atoms with Crippen LogP contribution in [0.3, 0.4) is 0 Å². The van der Waals surface area contributed by atoms with E-state index in [0.717, 1.165) is 36.8 Å². The van der Waals surface area contributed by atoms with Crippen LogP contribution in [0.1, 0.15) is 19.4 Å². The fraction of sp³-hybridized carbons (Fsp3) is 0.400. The molecular weight excluding hydrogens is 381 g/mol. The van der Waals surface area contributed by atoms with Crippen molar-refractivity contribution in [2.24, 2.45) is 9.98 Å². The minimum Gasteiger partial charge on any atom is -0.338 e. The van der Waals surface area contributed by atoms with Gasteiger partial charge >= 0.3 is 6.18 Å². The number of alkyl halides is 3. The molecule has 0 amide bonds. The Labute approximate surface area is 167 Å². The largest absolute Gasteiger partial charge is 0.419 e. The molecule has 1 unspecified atom stereocenters. The summed E-state index contributed by atoms with van der Waals surface area (Å²) in [4.78, 5) is 20.7. The summed E-state index contributed by atoms with van der Waals surface area (Å²) >= 11 is 0. The van der Waals surface area contributed by atoms with Crippen molar-refractivity contribution < 1.29 is 13.2 Å². The molecule has 3 rings (SSSR count). The van der Waals surface area contributed by atoms with Gasteiger partial charge in [-0.3, -0.25) is 14.9 Å². The topological polar surface area (TPSA) is 57.0 Å². The first-order valence-electron chi connectivity index (χ1n) is 9.31. The number of halogens is 3. The Hall–Kier alpha value is -2.81. The molecular formula is C20H23F3N6. The van der Waals surface area contributed by atoms with Crippen LogP contribution < -0.4 is 4.90 Å². The molecule has 2 aliphatic heterocycles. The van der Waals surface area contributed by atoms with E-state index in [1.807, 2.05) is 30.2 Å². The number of dihydropyridines is 1. The van der Waals surface area contributed by atoms with Crippen molar-refractivity contribution in [1.29, 1.82) is 0 Å². The molecule has 2 aliphatic rings. The molecule has 0 bridgehead atoms. The Morgan fingerprint density at radius 2 is 1.83 bits per heavy atom. The molecule has 29 heavy (non-hydrogen) atoms. The molecule has 0 N–H and O–H groups in total. The third kappa shape index (κ3) is 4.97. The van der Waals surface area contributed by atoms with E-state index in [1.165, 1.54) is 0 Å². The van der Waals surface area contributed by atoms with Crippen LogP contribution in [0.4, 0.5) is 19.1 Å². The van der Waals surface area contributed by atoms with Gasteiger partial charge in [0.2, 0.25) is 5.95 Å². The molecule has 6 nitrogen and oxygen atoms in total. The molecule has 154 valence electrons. The molecule has 0 spiro atoms. The van der Waals surface area contributed by atoms with Crippen LogP contribution in [0, 0.1) is 0 Å².